The molecule has 3 aliphatic rings. The molecule has 2 heterocycles. The third-order valence-electron chi connectivity index (χ3n) is 6.93. The van der Waals surface area contributed by atoms with E-state index in [1.165, 1.54) is 31.2 Å². The van der Waals surface area contributed by atoms with E-state index in [0.29, 0.717) is 12.1 Å². The molecule has 162 valence electrons. The summed E-state index contributed by atoms with van der Waals surface area (Å²) in [5.74, 6) is 1.03. The summed E-state index contributed by atoms with van der Waals surface area (Å²) >= 11 is 0. The van der Waals surface area contributed by atoms with E-state index in [1.54, 1.807) is 0 Å². The van der Waals surface area contributed by atoms with E-state index in [-0.39, 0.29) is 6.10 Å². The first-order chi connectivity index (χ1) is 14.1. The highest BCUT2D eigenvalue weighted by Gasteiger charge is 2.34. The number of ether oxygens (including phenoxy) is 2. The van der Waals surface area contributed by atoms with Crippen molar-refractivity contribution in [1.29, 1.82) is 0 Å². The molecule has 5 heteroatoms. The first-order valence-corrected chi connectivity index (χ1v) is 11.7. The fourth-order valence-corrected chi connectivity index (χ4v) is 5.48. The van der Waals surface area contributed by atoms with Crippen molar-refractivity contribution < 1.29 is 9.47 Å². The van der Waals surface area contributed by atoms with Gasteiger partial charge in [-0.05, 0) is 52.5 Å². The highest BCUT2D eigenvalue weighted by Crippen LogP contribution is 2.32. The summed E-state index contributed by atoms with van der Waals surface area (Å²) in [6, 6.07) is 11.0. The minimum atomic E-state index is 0.203. The van der Waals surface area contributed by atoms with Crippen molar-refractivity contribution in [2.75, 3.05) is 39.4 Å². The molecule has 2 aliphatic heterocycles. The van der Waals surface area contributed by atoms with E-state index < -0.39 is 0 Å². The molecule has 3 fully saturated rings. The van der Waals surface area contributed by atoms with Crippen molar-refractivity contribution in [1.82, 2.24) is 15.1 Å². The van der Waals surface area contributed by atoms with Gasteiger partial charge in [0.05, 0.1) is 19.3 Å². The van der Waals surface area contributed by atoms with Gasteiger partial charge in [-0.3, -0.25) is 9.80 Å². The molecule has 2 atom stereocenters. The van der Waals surface area contributed by atoms with Crippen LogP contribution in [0.2, 0.25) is 0 Å². The Morgan fingerprint density at radius 2 is 1.83 bits per heavy atom. The number of nitrogens with zero attached hydrogens (tertiary/aromatic N) is 2. The average Bonchev–Trinajstić information content (AvgIpc) is 2.74. The van der Waals surface area contributed by atoms with Gasteiger partial charge < -0.3 is 14.8 Å². The molecule has 1 aromatic rings. The Kier molecular flexibility index (Phi) is 7.12. The molecule has 0 aromatic heterocycles. The zero-order valence-corrected chi connectivity index (χ0v) is 18.5. The van der Waals surface area contributed by atoms with Crippen LogP contribution in [0.3, 0.4) is 0 Å². The Morgan fingerprint density at radius 3 is 2.59 bits per heavy atom. The minimum absolute atomic E-state index is 0.203. The standard InChI is InChI=1S/C24H39N3O2/c1-18(2)29-24-7-5-4-6-22(24)23-16-26(13-12-25-23)20-8-10-21(11-9-20)27-14-15-28-17-19(27)3/h4-7,18-21,23,25H,8-17H2,1-3H3/t19-,20?,21?,23+/m1/s1. The Morgan fingerprint density at radius 1 is 1.07 bits per heavy atom. The molecule has 2 saturated heterocycles. The van der Waals surface area contributed by atoms with Gasteiger partial charge in [-0.1, -0.05) is 18.2 Å². The van der Waals surface area contributed by atoms with Crippen molar-refractivity contribution in [2.45, 2.75) is 76.7 Å². The first kappa shape index (κ1) is 21.1. The van der Waals surface area contributed by atoms with Crippen molar-refractivity contribution in [3.63, 3.8) is 0 Å². The zero-order chi connectivity index (χ0) is 20.2. The van der Waals surface area contributed by atoms with Gasteiger partial charge in [-0.2, -0.15) is 0 Å². The lowest BCUT2D eigenvalue weighted by molar-refractivity contribution is -0.0355. The van der Waals surface area contributed by atoms with Gasteiger partial charge in [0.25, 0.3) is 0 Å². The van der Waals surface area contributed by atoms with E-state index in [2.05, 4.69) is 60.2 Å². The smallest absolute Gasteiger partial charge is 0.124 e. The highest BCUT2D eigenvalue weighted by molar-refractivity contribution is 5.36. The van der Waals surface area contributed by atoms with Gasteiger partial charge in [-0.25, -0.2) is 0 Å². The van der Waals surface area contributed by atoms with Crippen molar-refractivity contribution >= 4 is 0 Å². The topological polar surface area (TPSA) is 37.0 Å². The van der Waals surface area contributed by atoms with E-state index in [0.717, 1.165) is 57.2 Å². The van der Waals surface area contributed by atoms with E-state index in [4.69, 9.17) is 9.47 Å². The van der Waals surface area contributed by atoms with Gasteiger partial charge in [0, 0.05) is 55.9 Å². The largest absolute Gasteiger partial charge is 0.491 e. The Bertz CT molecular complexity index is 645. The molecular formula is C24H39N3O2. The van der Waals surface area contributed by atoms with Gasteiger partial charge in [0.2, 0.25) is 0 Å². The SMILES string of the molecule is CC(C)Oc1ccccc1[C@@H]1CN(C2CCC(N3CCOC[C@H]3C)CC2)CCN1. The molecule has 5 nitrogen and oxygen atoms in total. The summed E-state index contributed by atoms with van der Waals surface area (Å²) in [6.45, 7) is 12.7. The molecule has 0 spiro atoms. The van der Waals surface area contributed by atoms with Crippen LogP contribution in [0.5, 0.6) is 5.75 Å². The molecule has 0 amide bonds. The lowest BCUT2D eigenvalue weighted by Crippen LogP contribution is -2.54. The molecule has 1 saturated carbocycles. The van der Waals surface area contributed by atoms with E-state index >= 15 is 0 Å². The van der Waals surface area contributed by atoms with Crippen LogP contribution in [0.25, 0.3) is 0 Å². The second-order valence-corrected chi connectivity index (χ2v) is 9.33. The van der Waals surface area contributed by atoms with Crippen LogP contribution in [0.15, 0.2) is 24.3 Å². The number of piperazine rings is 1. The molecule has 0 bridgehead atoms. The van der Waals surface area contributed by atoms with Gasteiger partial charge in [-0.15, -0.1) is 0 Å². The van der Waals surface area contributed by atoms with Crippen LogP contribution in [0.1, 0.15) is 58.1 Å². The quantitative estimate of drug-likeness (QED) is 0.818. The second kappa shape index (κ2) is 9.78. The maximum absolute atomic E-state index is 6.10. The predicted octanol–water partition coefficient (Wildman–Crippen LogP) is 3.45. The molecule has 1 aromatic carbocycles. The molecule has 1 N–H and O–H groups in total. The van der Waals surface area contributed by atoms with Crippen LogP contribution in [-0.4, -0.2) is 73.4 Å². The molecule has 0 radical (unpaired) electrons. The third-order valence-corrected chi connectivity index (χ3v) is 6.93. The van der Waals surface area contributed by atoms with Crippen LogP contribution >= 0.6 is 0 Å². The first-order valence-electron chi connectivity index (χ1n) is 11.7. The molecule has 0 unspecified atom stereocenters. The monoisotopic (exact) mass is 401 g/mol. The third kappa shape index (κ3) is 5.13. The maximum Gasteiger partial charge on any atom is 0.124 e. The summed E-state index contributed by atoms with van der Waals surface area (Å²) < 4.78 is 11.7. The summed E-state index contributed by atoms with van der Waals surface area (Å²) in [7, 11) is 0. The van der Waals surface area contributed by atoms with Crippen LogP contribution in [0.4, 0.5) is 0 Å². The Labute approximate surface area is 176 Å². The van der Waals surface area contributed by atoms with Crippen molar-refractivity contribution in [3.8, 4) is 5.75 Å². The number of hydrogen-bond donors (Lipinski definition) is 1. The van der Waals surface area contributed by atoms with Crippen molar-refractivity contribution in [3.05, 3.63) is 29.8 Å². The molecule has 29 heavy (non-hydrogen) atoms. The minimum Gasteiger partial charge on any atom is -0.491 e. The normalized spacial score (nSPS) is 32.4. The lowest BCUT2D eigenvalue weighted by atomic mass is 9.87. The molecular weight excluding hydrogens is 362 g/mol. The predicted molar refractivity (Wildman–Crippen MR) is 118 cm³/mol. The highest BCUT2D eigenvalue weighted by atomic mass is 16.5. The van der Waals surface area contributed by atoms with Crippen LogP contribution in [-0.2, 0) is 4.74 Å². The van der Waals surface area contributed by atoms with Crippen LogP contribution in [0, 0.1) is 0 Å². The van der Waals surface area contributed by atoms with E-state index in [9.17, 15) is 0 Å². The number of morpholine rings is 1. The van der Waals surface area contributed by atoms with Gasteiger partial charge >= 0.3 is 0 Å². The average molecular weight is 402 g/mol. The van der Waals surface area contributed by atoms with E-state index in [1.807, 2.05) is 0 Å². The number of hydrogen-bond acceptors (Lipinski definition) is 5. The van der Waals surface area contributed by atoms with Crippen molar-refractivity contribution in [2.24, 2.45) is 0 Å². The summed E-state index contributed by atoms with van der Waals surface area (Å²) in [5, 5.41) is 3.74. The fraction of sp³-hybridized carbons (Fsp3) is 0.750. The maximum atomic E-state index is 6.10. The lowest BCUT2D eigenvalue weighted by Gasteiger charge is -2.46. The Balaban J connectivity index is 1.35. The number of para-hydroxylation sites is 1. The second-order valence-electron chi connectivity index (χ2n) is 9.33. The zero-order valence-electron chi connectivity index (χ0n) is 18.5. The van der Waals surface area contributed by atoms with Crippen LogP contribution < -0.4 is 10.1 Å². The fourth-order valence-electron chi connectivity index (χ4n) is 5.48. The number of rotatable bonds is 5. The summed E-state index contributed by atoms with van der Waals surface area (Å²) in [4.78, 5) is 5.45. The summed E-state index contributed by atoms with van der Waals surface area (Å²) in [6.07, 6.45) is 5.51. The summed E-state index contributed by atoms with van der Waals surface area (Å²) in [5.41, 5.74) is 1.31. The number of nitrogens with one attached hydrogen (secondary N) is 1. The molecule has 1 aliphatic carbocycles. The van der Waals surface area contributed by atoms with Gasteiger partial charge in [0.1, 0.15) is 5.75 Å². The molecule has 4 rings (SSSR count). The number of benzene rings is 1. The Hall–Kier alpha value is -1.14. The van der Waals surface area contributed by atoms with Gasteiger partial charge in [0.15, 0.2) is 0 Å².